The molecule has 0 fully saturated rings. The van der Waals surface area contributed by atoms with Crippen LogP contribution in [0.1, 0.15) is 25.3 Å². The molecule has 1 aromatic carbocycles. The molecule has 1 unspecified atom stereocenters. The largest absolute Gasteiger partial charge is 0.497 e. The third kappa shape index (κ3) is 4.75. The molecule has 0 bridgehead atoms. The summed E-state index contributed by atoms with van der Waals surface area (Å²) in [6.45, 7) is 2.53. The molecule has 0 saturated heterocycles. The first kappa shape index (κ1) is 14.5. The highest BCUT2D eigenvalue weighted by atomic mass is 16.5. The van der Waals surface area contributed by atoms with Crippen molar-refractivity contribution in [1.82, 2.24) is 0 Å². The van der Waals surface area contributed by atoms with Crippen LogP contribution in [0.25, 0.3) is 0 Å². The number of carbonyl (C=O) groups is 1. The lowest BCUT2D eigenvalue weighted by molar-refractivity contribution is -0.150. The van der Waals surface area contributed by atoms with Crippen LogP contribution in [-0.4, -0.2) is 30.9 Å². The predicted molar refractivity (Wildman–Crippen MR) is 69.0 cm³/mol. The number of aliphatic carboxylic acids is 1. The van der Waals surface area contributed by atoms with E-state index in [1.54, 1.807) is 7.11 Å². The van der Waals surface area contributed by atoms with E-state index in [0.717, 1.165) is 24.2 Å². The van der Waals surface area contributed by atoms with Gasteiger partial charge < -0.3 is 14.6 Å². The summed E-state index contributed by atoms with van der Waals surface area (Å²) in [5, 5.41) is 9.08. The Bertz CT molecular complexity index is 359. The van der Waals surface area contributed by atoms with Crippen molar-refractivity contribution in [3.05, 3.63) is 29.8 Å². The molecule has 1 N–H and O–H groups in total. The van der Waals surface area contributed by atoms with Crippen LogP contribution in [0.3, 0.4) is 0 Å². The lowest BCUT2D eigenvalue weighted by Crippen LogP contribution is -2.26. The number of hydrogen-bond donors (Lipinski definition) is 1. The Morgan fingerprint density at radius 2 is 2.00 bits per heavy atom. The van der Waals surface area contributed by atoms with Crippen molar-refractivity contribution in [1.29, 1.82) is 0 Å². The van der Waals surface area contributed by atoms with Crippen LogP contribution in [0, 0.1) is 0 Å². The zero-order chi connectivity index (χ0) is 13.4. The number of carboxylic acids is 1. The molecule has 0 aliphatic rings. The molecular weight excluding hydrogens is 232 g/mol. The summed E-state index contributed by atoms with van der Waals surface area (Å²) in [5.74, 6) is -0.153. The van der Waals surface area contributed by atoms with E-state index in [4.69, 9.17) is 14.6 Å². The Hall–Kier alpha value is -1.55. The van der Waals surface area contributed by atoms with Crippen molar-refractivity contribution in [2.24, 2.45) is 0 Å². The highest BCUT2D eigenvalue weighted by Crippen LogP contribution is 2.14. The number of unbranched alkanes of at least 4 members (excludes halogenated alkanes) is 1. The van der Waals surface area contributed by atoms with E-state index in [2.05, 4.69) is 0 Å². The maximum Gasteiger partial charge on any atom is 0.333 e. The van der Waals surface area contributed by atoms with E-state index >= 15 is 0 Å². The fourth-order valence-corrected chi connectivity index (χ4v) is 1.56. The van der Waals surface area contributed by atoms with Gasteiger partial charge in [-0.05, 0) is 24.1 Å². The molecule has 1 atom stereocenters. The van der Waals surface area contributed by atoms with Gasteiger partial charge >= 0.3 is 5.97 Å². The molecule has 1 rings (SSSR count). The van der Waals surface area contributed by atoms with E-state index in [1.807, 2.05) is 31.2 Å². The number of methoxy groups -OCH3 is 1. The topological polar surface area (TPSA) is 55.8 Å². The van der Waals surface area contributed by atoms with Crippen LogP contribution in [0.15, 0.2) is 24.3 Å². The minimum atomic E-state index is -0.915. The lowest BCUT2D eigenvalue weighted by atomic mass is 10.1. The second kappa shape index (κ2) is 7.71. The minimum Gasteiger partial charge on any atom is -0.497 e. The summed E-state index contributed by atoms with van der Waals surface area (Å²) in [6.07, 6.45) is 1.48. The molecule has 100 valence electrons. The van der Waals surface area contributed by atoms with Crippen LogP contribution < -0.4 is 4.74 Å². The number of ether oxygens (including phenoxy) is 2. The van der Waals surface area contributed by atoms with Crippen molar-refractivity contribution in [3.8, 4) is 5.75 Å². The molecule has 4 nitrogen and oxygen atoms in total. The van der Waals surface area contributed by atoms with Gasteiger partial charge in [-0.2, -0.15) is 0 Å². The first-order valence-electron chi connectivity index (χ1n) is 6.14. The highest BCUT2D eigenvalue weighted by Gasteiger charge is 2.18. The van der Waals surface area contributed by atoms with Gasteiger partial charge in [-0.15, -0.1) is 0 Å². The number of benzene rings is 1. The van der Waals surface area contributed by atoms with Crippen LogP contribution >= 0.6 is 0 Å². The molecule has 4 heteroatoms. The van der Waals surface area contributed by atoms with Crippen LogP contribution in [0.4, 0.5) is 0 Å². The zero-order valence-electron chi connectivity index (χ0n) is 10.9. The average molecular weight is 252 g/mol. The van der Waals surface area contributed by atoms with E-state index < -0.39 is 12.1 Å². The fourth-order valence-electron chi connectivity index (χ4n) is 1.56. The van der Waals surface area contributed by atoms with Crippen LogP contribution in [-0.2, 0) is 16.0 Å². The first-order chi connectivity index (χ1) is 8.67. The Kier molecular flexibility index (Phi) is 6.22. The Morgan fingerprint density at radius 3 is 2.50 bits per heavy atom. The Morgan fingerprint density at radius 1 is 1.33 bits per heavy atom. The number of hydrogen-bond acceptors (Lipinski definition) is 3. The van der Waals surface area contributed by atoms with E-state index in [-0.39, 0.29) is 0 Å². The maximum absolute atomic E-state index is 11.1. The van der Waals surface area contributed by atoms with Gasteiger partial charge in [0, 0.05) is 13.0 Å². The maximum atomic E-state index is 11.1. The lowest BCUT2D eigenvalue weighted by Gasteiger charge is -2.13. The van der Waals surface area contributed by atoms with Gasteiger partial charge in [-0.25, -0.2) is 4.79 Å². The monoisotopic (exact) mass is 252 g/mol. The second-order valence-corrected chi connectivity index (χ2v) is 4.10. The third-order valence-electron chi connectivity index (χ3n) is 2.67. The normalized spacial score (nSPS) is 12.1. The molecule has 0 aliphatic heterocycles. The number of carboxylic acid groups (broad SMARTS) is 1. The molecule has 0 saturated carbocycles. The van der Waals surface area contributed by atoms with Crippen molar-refractivity contribution in [3.63, 3.8) is 0 Å². The minimum absolute atomic E-state index is 0.378. The third-order valence-corrected chi connectivity index (χ3v) is 2.67. The van der Waals surface area contributed by atoms with Gasteiger partial charge in [0.25, 0.3) is 0 Å². The van der Waals surface area contributed by atoms with Crippen LogP contribution in [0.5, 0.6) is 5.75 Å². The fraction of sp³-hybridized carbons (Fsp3) is 0.500. The molecule has 0 aliphatic carbocycles. The summed E-state index contributed by atoms with van der Waals surface area (Å²) in [7, 11) is 1.60. The quantitative estimate of drug-likeness (QED) is 0.722. The average Bonchev–Trinajstić information content (AvgIpc) is 2.38. The SMILES string of the molecule is CCCCOC(Cc1ccc(OC)cc1)C(=O)O. The molecule has 0 amide bonds. The predicted octanol–water partition coefficient (Wildman–Crippen LogP) is 2.51. The number of rotatable bonds is 8. The summed E-state index contributed by atoms with van der Waals surface area (Å²) in [4.78, 5) is 11.1. The van der Waals surface area contributed by atoms with Crippen molar-refractivity contribution in [2.75, 3.05) is 13.7 Å². The van der Waals surface area contributed by atoms with Gasteiger partial charge in [0.1, 0.15) is 5.75 Å². The van der Waals surface area contributed by atoms with Gasteiger partial charge in [0.2, 0.25) is 0 Å². The first-order valence-corrected chi connectivity index (χ1v) is 6.14. The standard InChI is InChI=1S/C14H20O4/c1-3-4-9-18-13(14(15)16)10-11-5-7-12(17-2)8-6-11/h5-8,13H,3-4,9-10H2,1-2H3,(H,15,16). The molecular formula is C14H20O4. The highest BCUT2D eigenvalue weighted by molar-refractivity contribution is 5.72. The molecule has 0 aromatic heterocycles. The van der Waals surface area contributed by atoms with Crippen LogP contribution in [0.2, 0.25) is 0 Å². The van der Waals surface area contributed by atoms with Gasteiger partial charge in [-0.3, -0.25) is 0 Å². The summed E-state index contributed by atoms with van der Waals surface area (Å²) in [5.41, 5.74) is 0.930. The summed E-state index contributed by atoms with van der Waals surface area (Å²) < 4.78 is 10.4. The summed E-state index contributed by atoms with van der Waals surface area (Å²) >= 11 is 0. The van der Waals surface area contributed by atoms with Crippen molar-refractivity contribution >= 4 is 5.97 Å². The van der Waals surface area contributed by atoms with Crippen molar-refractivity contribution < 1.29 is 19.4 Å². The van der Waals surface area contributed by atoms with E-state index in [9.17, 15) is 4.79 Å². The van der Waals surface area contributed by atoms with Crippen molar-refractivity contribution in [2.45, 2.75) is 32.3 Å². The Labute approximate surface area is 108 Å². The molecule has 0 radical (unpaired) electrons. The molecule has 18 heavy (non-hydrogen) atoms. The van der Waals surface area contributed by atoms with E-state index in [0.29, 0.717) is 13.0 Å². The molecule has 0 spiro atoms. The van der Waals surface area contributed by atoms with Gasteiger partial charge in [-0.1, -0.05) is 25.5 Å². The molecule has 0 heterocycles. The Balaban J connectivity index is 2.56. The van der Waals surface area contributed by atoms with E-state index in [1.165, 1.54) is 0 Å². The van der Waals surface area contributed by atoms with Gasteiger partial charge in [0.15, 0.2) is 6.10 Å². The summed E-state index contributed by atoms with van der Waals surface area (Å²) in [6, 6.07) is 7.36. The van der Waals surface area contributed by atoms with Gasteiger partial charge in [0.05, 0.1) is 7.11 Å². The molecule has 1 aromatic rings. The zero-order valence-corrected chi connectivity index (χ0v) is 10.9. The second-order valence-electron chi connectivity index (χ2n) is 4.10. The smallest absolute Gasteiger partial charge is 0.333 e.